The van der Waals surface area contributed by atoms with Gasteiger partial charge in [0.2, 0.25) is 5.71 Å². The third-order valence-corrected chi connectivity index (χ3v) is 4.36. The van der Waals surface area contributed by atoms with Crippen LogP contribution in [0.5, 0.6) is 17.2 Å². The van der Waals surface area contributed by atoms with E-state index in [9.17, 15) is 5.26 Å². The first kappa shape index (κ1) is 18.0. The predicted octanol–water partition coefficient (Wildman–Crippen LogP) is 3.98. The second-order valence-electron chi connectivity index (χ2n) is 5.91. The van der Waals surface area contributed by atoms with E-state index in [0.29, 0.717) is 40.5 Å². The molecule has 0 bridgehead atoms. The van der Waals surface area contributed by atoms with Crippen LogP contribution in [0.2, 0.25) is 0 Å². The topological polar surface area (TPSA) is 83.2 Å². The molecular formula is C19H21NO6. The van der Waals surface area contributed by atoms with Crippen molar-refractivity contribution in [3.05, 3.63) is 36.1 Å². The van der Waals surface area contributed by atoms with Crippen molar-refractivity contribution in [1.29, 1.82) is 0 Å². The Morgan fingerprint density at radius 3 is 2.54 bits per heavy atom. The molecule has 1 aromatic carbocycles. The van der Waals surface area contributed by atoms with E-state index in [1.807, 2.05) is 0 Å². The number of rotatable bonds is 7. The molecule has 7 nitrogen and oxygen atoms in total. The summed E-state index contributed by atoms with van der Waals surface area (Å²) >= 11 is 0. The molecule has 0 saturated heterocycles. The van der Waals surface area contributed by atoms with Gasteiger partial charge in [0.1, 0.15) is 11.9 Å². The van der Waals surface area contributed by atoms with Gasteiger partial charge in [-0.1, -0.05) is 6.58 Å². The monoisotopic (exact) mass is 359 g/mol. The van der Waals surface area contributed by atoms with Gasteiger partial charge < -0.3 is 18.6 Å². The number of ether oxygens (including phenoxy) is 3. The molecule has 0 aliphatic rings. The number of hydrogen-bond acceptors (Lipinski definition) is 7. The van der Waals surface area contributed by atoms with Gasteiger partial charge in [0, 0.05) is 18.1 Å². The minimum atomic E-state index is -0.621. The summed E-state index contributed by atoms with van der Waals surface area (Å²) in [6, 6.07) is 3.55. The largest absolute Gasteiger partial charge is 0.495 e. The normalized spacial score (nSPS) is 12.3. The number of methoxy groups -OCH3 is 3. The maximum absolute atomic E-state index is 9.29. The number of nitrogens with zero attached hydrogens (tertiary/aromatic N) is 1. The Balaban J connectivity index is 2.41. The van der Waals surface area contributed by atoms with E-state index in [1.165, 1.54) is 0 Å². The lowest BCUT2D eigenvalue weighted by atomic mass is 9.96. The molecule has 1 N–H and O–H groups in total. The third-order valence-electron chi connectivity index (χ3n) is 4.36. The van der Waals surface area contributed by atoms with Gasteiger partial charge in [-0.25, -0.2) is 9.87 Å². The molecular weight excluding hydrogens is 338 g/mol. The van der Waals surface area contributed by atoms with Gasteiger partial charge >= 0.3 is 0 Å². The summed E-state index contributed by atoms with van der Waals surface area (Å²) in [6.07, 6.45) is 1.23. The van der Waals surface area contributed by atoms with E-state index < -0.39 is 6.10 Å². The third kappa shape index (κ3) is 2.85. The summed E-state index contributed by atoms with van der Waals surface area (Å²) in [6.45, 7) is 5.64. The van der Waals surface area contributed by atoms with Crippen LogP contribution in [-0.2, 0) is 11.3 Å². The van der Waals surface area contributed by atoms with E-state index in [0.717, 1.165) is 16.3 Å². The smallest absolute Gasteiger partial charge is 0.230 e. The highest BCUT2D eigenvalue weighted by Gasteiger charge is 2.25. The van der Waals surface area contributed by atoms with Crippen molar-refractivity contribution in [1.82, 2.24) is 4.98 Å². The van der Waals surface area contributed by atoms with Crippen LogP contribution in [0.15, 0.2) is 35.0 Å². The number of pyridine rings is 1. The average Bonchev–Trinajstić information content (AvgIpc) is 3.10. The van der Waals surface area contributed by atoms with E-state index in [4.69, 9.17) is 18.6 Å². The zero-order valence-corrected chi connectivity index (χ0v) is 15.2. The van der Waals surface area contributed by atoms with Gasteiger partial charge in [0.05, 0.1) is 43.9 Å². The van der Waals surface area contributed by atoms with Crippen molar-refractivity contribution in [2.24, 2.45) is 0 Å². The van der Waals surface area contributed by atoms with Gasteiger partial charge in [-0.15, -0.1) is 0 Å². The Bertz CT molecular complexity index is 962. The minimum absolute atomic E-state index is 0.296. The van der Waals surface area contributed by atoms with Gasteiger partial charge in [0.25, 0.3) is 0 Å². The van der Waals surface area contributed by atoms with Crippen molar-refractivity contribution in [2.75, 3.05) is 21.3 Å². The van der Waals surface area contributed by atoms with Crippen LogP contribution in [0.25, 0.3) is 22.0 Å². The molecule has 0 fully saturated rings. The quantitative estimate of drug-likeness (QED) is 0.388. The molecule has 0 aliphatic heterocycles. The lowest BCUT2D eigenvalue weighted by Crippen LogP contribution is -2.16. The standard InChI is InChI=1S/C19H21NO6/c1-10(2)14(26-21)8-12-16-13(9-15(22-3)17(12)23-4)20-19-11(6-7-25-19)18(16)24-5/h6-7,9,14,21H,1,8H2,2-5H3. The molecule has 26 heavy (non-hydrogen) atoms. The summed E-state index contributed by atoms with van der Waals surface area (Å²) in [5.41, 5.74) is 2.48. The molecule has 0 saturated carbocycles. The SMILES string of the molecule is C=C(C)C(Cc1c(OC)c(OC)cc2nc3occc3c(OC)c12)OO. The summed E-state index contributed by atoms with van der Waals surface area (Å²) in [7, 11) is 4.69. The first-order valence-corrected chi connectivity index (χ1v) is 8.00. The van der Waals surface area contributed by atoms with Crippen molar-refractivity contribution in [3.8, 4) is 17.2 Å². The number of hydrogen-bond donors (Lipinski definition) is 1. The van der Waals surface area contributed by atoms with Crippen LogP contribution in [0.3, 0.4) is 0 Å². The number of fused-ring (bicyclic) bond motifs is 2. The van der Waals surface area contributed by atoms with Gasteiger partial charge in [0.15, 0.2) is 11.5 Å². The maximum Gasteiger partial charge on any atom is 0.230 e. The lowest BCUT2D eigenvalue weighted by molar-refractivity contribution is -0.267. The van der Waals surface area contributed by atoms with Crippen molar-refractivity contribution in [3.63, 3.8) is 0 Å². The Morgan fingerprint density at radius 2 is 1.96 bits per heavy atom. The lowest BCUT2D eigenvalue weighted by Gasteiger charge is -2.20. The van der Waals surface area contributed by atoms with Gasteiger partial charge in [-0.05, 0) is 18.6 Å². The van der Waals surface area contributed by atoms with Crippen molar-refractivity contribution >= 4 is 22.0 Å². The molecule has 3 rings (SSSR count). The number of aromatic nitrogens is 1. The Morgan fingerprint density at radius 1 is 1.23 bits per heavy atom. The Hall–Kier alpha value is -2.77. The fraction of sp³-hybridized carbons (Fsp3) is 0.316. The second kappa shape index (κ2) is 7.23. The molecule has 0 spiro atoms. The highest BCUT2D eigenvalue weighted by molar-refractivity contribution is 6.02. The average molecular weight is 359 g/mol. The van der Waals surface area contributed by atoms with Crippen molar-refractivity contribution in [2.45, 2.75) is 19.4 Å². The molecule has 2 heterocycles. The van der Waals surface area contributed by atoms with E-state index >= 15 is 0 Å². The van der Waals surface area contributed by atoms with Crippen LogP contribution < -0.4 is 14.2 Å². The van der Waals surface area contributed by atoms with Crippen LogP contribution in [0, 0.1) is 0 Å². The fourth-order valence-electron chi connectivity index (χ4n) is 3.09. The van der Waals surface area contributed by atoms with E-state index in [-0.39, 0.29) is 0 Å². The molecule has 138 valence electrons. The van der Waals surface area contributed by atoms with Crippen LogP contribution in [0.4, 0.5) is 0 Å². The Labute approximate surface area is 150 Å². The number of furan rings is 1. The summed E-state index contributed by atoms with van der Waals surface area (Å²) in [5.74, 6) is 1.63. The molecule has 3 aromatic rings. The minimum Gasteiger partial charge on any atom is -0.495 e. The highest BCUT2D eigenvalue weighted by Crippen LogP contribution is 2.44. The first-order valence-electron chi connectivity index (χ1n) is 8.00. The molecule has 1 atom stereocenters. The molecule has 0 radical (unpaired) electrons. The van der Waals surface area contributed by atoms with Crippen LogP contribution >= 0.6 is 0 Å². The molecule has 7 heteroatoms. The summed E-state index contributed by atoms with van der Waals surface area (Å²) in [4.78, 5) is 9.17. The predicted molar refractivity (Wildman–Crippen MR) is 97.2 cm³/mol. The van der Waals surface area contributed by atoms with Crippen LogP contribution in [0.1, 0.15) is 12.5 Å². The molecule has 1 unspecified atom stereocenters. The van der Waals surface area contributed by atoms with Crippen molar-refractivity contribution < 1.29 is 28.8 Å². The van der Waals surface area contributed by atoms with Gasteiger partial charge in [-0.2, -0.15) is 0 Å². The van der Waals surface area contributed by atoms with Gasteiger partial charge in [-0.3, -0.25) is 5.26 Å². The zero-order valence-electron chi connectivity index (χ0n) is 15.2. The highest BCUT2D eigenvalue weighted by atomic mass is 17.1. The molecule has 0 amide bonds. The summed E-state index contributed by atoms with van der Waals surface area (Å²) < 4.78 is 22.2. The molecule has 2 aromatic heterocycles. The summed E-state index contributed by atoms with van der Waals surface area (Å²) in [5, 5.41) is 10.8. The maximum atomic E-state index is 9.29. The first-order chi connectivity index (χ1) is 12.5. The second-order valence-corrected chi connectivity index (χ2v) is 5.91. The van der Waals surface area contributed by atoms with Crippen LogP contribution in [-0.4, -0.2) is 37.7 Å². The van der Waals surface area contributed by atoms with E-state index in [1.54, 1.807) is 46.6 Å². The fourth-order valence-corrected chi connectivity index (χ4v) is 3.09. The Kier molecular flexibility index (Phi) is 5.01. The molecule has 0 aliphatic carbocycles. The zero-order chi connectivity index (χ0) is 18.8. The number of benzene rings is 1. The van der Waals surface area contributed by atoms with E-state index in [2.05, 4.69) is 16.5 Å².